The maximum absolute atomic E-state index is 12.7. The summed E-state index contributed by atoms with van der Waals surface area (Å²) in [4.78, 5) is 15.0. The molecule has 0 aliphatic carbocycles. The molecule has 0 saturated heterocycles. The van der Waals surface area contributed by atoms with Crippen LogP contribution >= 0.6 is 0 Å². The molecule has 4 heteroatoms. The molecule has 0 spiro atoms. The highest BCUT2D eigenvalue weighted by Gasteiger charge is 1.97. The molecular weight excluding hydrogens is 245 g/mol. The maximum Gasteiger partial charge on any atom is 0.308 e. The van der Waals surface area contributed by atoms with Crippen LogP contribution in [0.15, 0.2) is 53.5 Å². The van der Waals surface area contributed by atoms with Gasteiger partial charge in [0.25, 0.3) is 0 Å². The quantitative estimate of drug-likeness (QED) is 0.479. The minimum atomic E-state index is -0.354. The van der Waals surface area contributed by atoms with E-state index < -0.39 is 0 Å². The second-order valence-corrected chi connectivity index (χ2v) is 3.90. The van der Waals surface area contributed by atoms with Crippen molar-refractivity contribution in [3.05, 3.63) is 59.9 Å². The third kappa shape index (κ3) is 4.03. The average molecular weight is 257 g/mol. The monoisotopic (exact) mass is 257 g/mol. The van der Waals surface area contributed by atoms with Gasteiger partial charge in [0.2, 0.25) is 0 Å². The number of hydrogen-bond donors (Lipinski definition) is 0. The standard InChI is InChI=1S/C15H12FNO2/c1-11(18)19-15-8-2-12(3-9-15)10-17-14-6-4-13(16)5-7-14/h2-10H,1H3. The molecule has 0 aliphatic heterocycles. The second kappa shape index (κ2) is 5.91. The molecule has 0 amide bonds. The highest BCUT2D eigenvalue weighted by atomic mass is 19.1. The van der Waals surface area contributed by atoms with Crippen LogP contribution in [0.2, 0.25) is 0 Å². The minimum Gasteiger partial charge on any atom is -0.427 e. The number of aliphatic imine (C=N–C) groups is 1. The molecule has 0 atom stereocenters. The fraction of sp³-hybridized carbons (Fsp3) is 0.0667. The first-order chi connectivity index (χ1) is 9.13. The first kappa shape index (κ1) is 13.0. The van der Waals surface area contributed by atoms with E-state index in [-0.39, 0.29) is 11.8 Å². The van der Waals surface area contributed by atoms with Crippen molar-refractivity contribution in [3.63, 3.8) is 0 Å². The first-order valence-corrected chi connectivity index (χ1v) is 5.71. The number of nitrogens with zero attached hydrogens (tertiary/aromatic N) is 1. The normalized spacial score (nSPS) is 10.6. The summed E-state index contributed by atoms with van der Waals surface area (Å²) in [7, 11) is 0. The summed E-state index contributed by atoms with van der Waals surface area (Å²) in [6.45, 7) is 1.35. The Morgan fingerprint density at radius 3 is 2.32 bits per heavy atom. The summed E-state index contributed by atoms with van der Waals surface area (Å²) in [5, 5.41) is 0. The van der Waals surface area contributed by atoms with Crippen molar-refractivity contribution in [1.29, 1.82) is 0 Å². The number of carbonyl (C=O) groups excluding carboxylic acids is 1. The molecular formula is C15H12FNO2. The fourth-order valence-corrected chi connectivity index (χ4v) is 1.46. The molecule has 96 valence electrons. The van der Waals surface area contributed by atoms with E-state index in [2.05, 4.69) is 4.99 Å². The van der Waals surface area contributed by atoms with Gasteiger partial charge in [0, 0.05) is 13.1 Å². The zero-order valence-corrected chi connectivity index (χ0v) is 10.3. The molecule has 0 radical (unpaired) electrons. The zero-order chi connectivity index (χ0) is 13.7. The summed E-state index contributed by atoms with van der Waals surface area (Å²) in [6, 6.07) is 12.8. The molecule has 0 fully saturated rings. The molecule has 0 N–H and O–H groups in total. The highest BCUT2D eigenvalue weighted by Crippen LogP contribution is 2.14. The molecule has 0 unspecified atom stereocenters. The maximum atomic E-state index is 12.7. The van der Waals surface area contributed by atoms with E-state index in [4.69, 9.17) is 4.74 Å². The molecule has 0 bridgehead atoms. The average Bonchev–Trinajstić information content (AvgIpc) is 2.39. The number of ether oxygens (including phenoxy) is 1. The van der Waals surface area contributed by atoms with Crippen LogP contribution in [0.4, 0.5) is 10.1 Å². The number of rotatable bonds is 3. The van der Waals surface area contributed by atoms with Gasteiger partial charge >= 0.3 is 5.97 Å². The molecule has 2 aromatic carbocycles. The van der Waals surface area contributed by atoms with Gasteiger partial charge in [0.05, 0.1) is 5.69 Å². The van der Waals surface area contributed by atoms with Crippen LogP contribution in [0.3, 0.4) is 0 Å². The SMILES string of the molecule is CC(=O)Oc1ccc(C=Nc2ccc(F)cc2)cc1. The van der Waals surface area contributed by atoms with E-state index in [1.54, 1.807) is 42.6 Å². The van der Waals surface area contributed by atoms with E-state index >= 15 is 0 Å². The van der Waals surface area contributed by atoms with Gasteiger partial charge in [-0.1, -0.05) is 0 Å². The first-order valence-electron chi connectivity index (χ1n) is 5.71. The largest absolute Gasteiger partial charge is 0.427 e. The summed E-state index contributed by atoms with van der Waals surface area (Å²) in [6.07, 6.45) is 1.66. The third-order valence-electron chi connectivity index (χ3n) is 2.33. The van der Waals surface area contributed by atoms with Crippen LogP contribution in [0.1, 0.15) is 12.5 Å². The third-order valence-corrected chi connectivity index (χ3v) is 2.33. The van der Waals surface area contributed by atoms with E-state index in [0.717, 1.165) is 5.56 Å². The Morgan fingerprint density at radius 1 is 1.11 bits per heavy atom. The Labute approximate surface area is 110 Å². The van der Waals surface area contributed by atoms with E-state index in [9.17, 15) is 9.18 Å². The van der Waals surface area contributed by atoms with Crippen molar-refractivity contribution >= 4 is 17.9 Å². The van der Waals surface area contributed by atoms with Crippen LogP contribution in [-0.4, -0.2) is 12.2 Å². The van der Waals surface area contributed by atoms with Crippen LogP contribution in [0, 0.1) is 5.82 Å². The molecule has 0 aromatic heterocycles. The molecule has 2 aromatic rings. The van der Waals surface area contributed by atoms with Gasteiger partial charge in [-0.2, -0.15) is 0 Å². The van der Waals surface area contributed by atoms with Gasteiger partial charge in [-0.05, 0) is 54.1 Å². The van der Waals surface area contributed by atoms with Crippen molar-refractivity contribution in [2.45, 2.75) is 6.92 Å². The Morgan fingerprint density at radius 2 is 1.74 bits per heavy atom. The summed E-state index contributed by atoms with van der Waals surface area (Å²) >= 11 is 0. The Hall–Kier alpha value is -2.49. The Kier molecular flexibility index (Phi) is 4.03. The fourth-order valence-electron chi connectivity index (χ4n) is 1.46. The van der Waals surface area contributed by atoms with Crippen molar-refractivity contribution in [2.24, 2.45) is 4.99 Å². The van der Waals surface area contributed by atoms with E-state index in [0.29, 0.717) is 11.4 Å². The van der Waals surface area contributed by atoms with Gasteiger partial charge in [-0.3, -0.25) is 9.79 Å². The van der Waals surface area contributed by atoms with Gasteiger partial charge < -0.3 is 4.74 Å². The number of benzene rings is 2. The topological polar surface area (TPSA) is 38.7 Å². The molecule has 0 saturated carbocycles. The van der Waals surface area contributed by atoms with E-state index in [1.807, 2.05) is 0 Å². The summed E-state index contributed by atoms with van der Waals surface area (Å²) < 4.78 is 17.6. The number of hydrogen-bond acceptors (Lipinski definition) is 3. The van der Waals surface area contributed by atoms with Crippen molar-refractivity contribution < 1.29 is 13.9 Å². The summed E-state index contributed by atoms with van der Waals surface area (Å²) in [5.74, 6) is -0.149. The Bertz CT molecular complexity index is 589. The lowest BCUT2D eigenvalue weighted by atomic mass is 10.2. The van der Waals surface area contributed by atoms with Crippen LogP contribution < -0.4 is 4.74 Å². The lowest BCUT2D eigenvalue weighted by Crippen LogP contribution is -2.00. The van der Waals surface area contributed by atoms with Gasteiger partial charge in [-0.15, -0.1) is 0 Å². The molecule has 2 rings (SSSR count). The molecule has 0 heterocycles. The van der Waals surface area contributed by atoms with Crippen molar-refractivity contribution in [3.8, 4) is 5.75 Å². The van der Waals surface area contributed by atoms with Gasteiger partial charge in [0.15, 0.2) is 0 Å². The second-order valence-electron chi connectivity index (χ2n) is 3.90. The smallest absolute Gasteiger partial charge is 0.308 e. The highest BCUT2D eigenvalue weighted by molar-refractivity contribution is 5.82. The molecule has 0 aliphatic rings. The Balaban J connectivity index is 2.06. The summed E-state index contributed by atoms with van der Waals surface area (Å²) in [5.41, 5.74) is 1.53. The van der Waals surface area contributed by atoms with Crippen molar-refractivity contribution in [1.82, 2.24) is 0 Å². The predicted octanol–water partition coefficient (Wildman–Crippen LogP) is 3.50. The van der Waals surface area contributed by atoms with E-state index in [1.165, 1.54) is 19.1 Å². The van der Waals surface area contributed by atoms with Crippen LogP contribution in [0.25, 0.3) is 0 Å². The lowest BCUT2D eigenvalue weighted by Gasteiger charge is -2.00. The number of esters is 1. The molecule has 3 nitrogen and oxygen atoms in total. The van der Waals surface area contributed by atoms with Crippen LogP contribution in [0.5, 0.6) is 5.75 Å². The van der Waals surface area contributed by atoms with Gasteiger partial charge in [-0.25, -0.2) is 4.39 Å². The van der Waals surface area contributed by atoms with Crippen LogP contribution in [-0.2, 0) is 4.79 Å². The van der Waals surface area contributed by atoms with Gasteiger partial charge in [0.1, 0.15) is 11.6 Å². The lowest BCUT2D eigenvalue weighted by molar-refractivity contribution is -0.131. The zero-order valence-electron chi connectivity index (χ0n) is 10.3. The van der Waals surface area contributed by atoms with Crippen molar-refractivity contribution in [2.75, 3.05) is 0 Å². The molecule has 19 heavy (non-hydrogen) atoms. The number of carbonyl (C=O) groups is 1. The number of halogens is 1. The minimum absolute atomic E-state index is 0.287. The predicted molar refractivity (Wildman–Crippen MR) is 71.4 cm³/mol.